The van der Waals surface area contributed by atoms with Gasteiger partial charge in [-0.3, -0.25) is 29.1 Å². The molecule has 0 spiro atoms. The summed E-state index contributed by atoms with van der Waals surface area (Å²) in [5.74, 6) is -1.03. The predicted molar refractivity (Wildman–Crippen MR) is 98.5 cm³/mol. The Morgan fingerprint density at radius 1 is 1.11 bits per heavy atom. The van der Waals surface area contributed by atoms with Gasteiger partial charge in [-0.1, -0.05) is 6.92 Å². The first kappa shape index (κ1) is 17.8. The van der Waals surface area contributed by atoms with Crippen molar-refractivity contribution in [1.82, 2.24) is 9.88 Å². The van der Waals surface area contributed by atoms with Crippen molar-refractivity contribution in [2.45, 2.75) is 19.8 Å². The van der Waals surface area contributed by atoms with Crippen LogP contribution in [-0.4, -0.2) is 35.4 Å². The zero-order valence-corrected chi connectivity index (χ0v) is 15.0. The van der Waals surface area contributed by atoms with Crippen LogP contribution in [0.3, 0.4) is 0 Å². The Morgan fingerprint density at radius 2 is 1.79 bits per heavy atom. The minimum atomic E-state index is -0.690. The highest BCUT2D eigenvalue weighted by Crippen LogP contribution is 2.36. The van der Waals surface area contributed by atoms with Crippen LogP contribution in [0.5, 0.6) is 11.5 Å². The number of nitrogens with zero attached hydrogens (tertiary/aromatic N) is 1. The Labute approximate surface area is 159 Å². The molecule has 1 aromatic heterocycles. The second-order valence-corrected chi connectivity index (χ2v) is 6.46. The molecule has 0 unspecified atom stereocenters. The number of nitrogens with two attached hydrogens (primary N) is 1. The van der Waals surface area contributed by atoms with Crippen LogP contribution in [0.1, 0.15) is 50.8 Å². The van der Waals surface area contributed by atoms with Crippen molar-refractivity contribution in [3.8, 4) is 17.2 Å². The molecule has 144 valence electrons. The molecule has 0 aliphatic carbocycles. The number of imide groups is 1. The summed E-state index contributed by atoms with van der Waals surface area (Å²) in [6.45, 7) is 2.53. The lowest BCUT2D eigenvalue weighted by Gasteiger charge is -2.22. The van der Waals surface area contributed by atoms with E-state index in [1.807, 2.05) is 6.92 Å². The number of anilines is 1. The van der Waals surface area contributed by atoms with Crippen LogP contribution in [0.2, 0.25) is 0 Å². The van der Waals surface area contributed by atoms with Gasteiger partial charge in [-0.2, -0.15) is 0 Å². The van der Waals surface area contributed by atoms with Crippen LogP contribution >= 0.6 is 0 Å². The van der Waals surface area contributed by atoms with Crippen molar-refractivity contribution in [1.29, 1.82) is 0 Å². The van der Waals surface area contributed by atoms with Gasteiger partial charge in [0.25, 0.3) is 17.4 Å². The van der Waals surface area contributed by atoms with Gasteiger partial charge in [0.2, 0.25) is 0 Å². The van der Waals surface area contributed by atoms with Crippen LogP contribution in [0.25, 0.3) is 5.69 Å². The number of carbonyl (C=O) groups excluding carboxylic acids is 3. The monoisotopic (exact) mass is 383 g/mol. The van der Waals surface area contributed by atoms with Gasteiger partial charge in [-0.15, -0.1) is 0 Å². The van der Waals surface area contributed by atoms with E-state index in [9.17, 15) is 19.2 Å². The lowest BCUT2D eigenvalue weighted by atomic mass is 10.0. The van der Waals surface area contributed by atoms with Gasteiger partial charge in [0.05, 0.1) is 16.8 Å². The summed E-state index contributed by atoms with van der Waals surface area (Å²) < 4.78 is 12.2. The number of ketones is 1. The SMILES string of the molecule is CCCC(=O)c1cc2c(cc1-n1c(N)c3c(cc1=O)C(=O)NC3=O)OCCO2. The molecule has 0 fully saturated rings. The first-order chi connectivity index (χ1) is 13.4. The number of hydrogen-bond acceptors (Lipinski definition) is 7. The first-order valence-corrected chi connectivity index (χ1v) is 8.80. The number of nitrogen functional groups attached to an aromatic ring is 1. The Balaban J connectivity index is 2.00. The molecule has 0 bridgehead atoms. The standard InChI is InChI=1S/C19H17N3O6/c1-2-3-12(23)9-6-13-14(28-5-4-27-13)8-11(9)22-15(24)7-10-16(17(22)20)19(26)21-18(10)25/h6-8H,2-5,20H2,1H3,(H,21,25,26). The molecule has 4 rings (SSSR count). The molecule has 3 N–H and O–H groups in total. The molecule has 2 aromatic rings. The number of fused-ring (bicyclic) bond motifs is 2. The van der Waals surface area contributed by atoms with Crippen LogP contribution in [0.4, 0.5) is 5.82 Å². The van der Waals surface area contributed by atoms with Gasteiger partial charge < -0.3 is 15.2 Å². The zero-order chi connectivity index (χ0) is 20.0. The molecular weight excluding hydrogens is 366 g/mol. The van der Waals surface area contributed by atoms with Gasteiger partial charge >= 0.3 is 0 Å². The molecule has 9 heteroatoms. The Bertz CT molecular complexity index is 1100. The van der Waals surface area contributed by atoms with Crippen molar-refractivity contribution in [3.05, 3.63) is 45.2 Å². The first-order valence-electron chi connectivity index (χ1n) is 8.80. The highest BCUT2D eigenvalue weighted by molar-refractivity contribution is 6.23. The number of carbonyl (C=O) groups is 3. The summed E-state index contributed by atoms with van der Waals surface area (Å²) in [6.07, 6.45) is 0.864. The van der Waals surface area contributed by atoms with Crippen LogP contribution < -0.4 is 26.1 Å². The van der Waals surface area contributed by atoms with E-state index in [1.54, 1.807) is 0 Å². The second-order valence-electron chi connectivity index (χ2n) is 6.46. The minimum absolute atomic E-state index is 0.0808. The highest BCUT2D eigenvalue weighted by atomic mass is 16.6. The van der Waals surface area contributed by atoms with Gasteiger partial charge in [-0.05, 0) is 12.5 Å². The van der Waals surface area contributed by atoms with E-state index >= 15 is 0 Å². The minimum Gasteiger partial charge on any atom is -0.486 e. The van der Waals surface area contributed by atoms with E-state index in [-0.39, 0.29) is 40.4 Å². The average molecular weight is 383 g/mol. The number of amides is 2. The summed E-state index contributed by atoms with van der Waals surface area (Å²) >= 11 is 0. The van der Waals surface area contributed by atoms with Gasteiger partial charge in [0.15, 0.2) is 17.3 Å². The van der Waals surface area contributed by atoms with Crippen LogP contribution in [-0.2, 0) is 0 Å². The molecule has 0 saturated heterocycles. The van der Waals surface area contributed by atoms with E-state index in [2.05, 4.69) is 5.32 Å². The second kappa shape index (κ2) is 6.52. The molecule has 0 saturated carbocycles. The molecule has 0 radical (unpaired) electrons. The third-order valence-electron chi connectivity index (χ3n) is 4.63. The van der Waals surface area contributed by atoms with Crippen molar-refractivity contribution in [2.75, 3.05) is 18.9 Å². The highest BCUT2D eigenvalue weighted by Gasteiger charge is 2.33. The van der Waals surface area contributed by atoms with Crippen molar-refractivity contribution < 1.29 is 23.9 Å². The molecule has 2 amide bonds. The molecule has 2 aliphatic rings. The molecule has 28 heavy (non-hydrogen) atoms. The van der Waals surface area contributed by atoms with Crippen molar-refractivity contribution in [2.24, 2.45) is 0 Å². The number of hydrogen-bond donors (Lipinski definition) is 2. The number of pyridine rings is 1. The Kier molecular flexibility index (Phi) is 4.14. The van der Waals surface area contributed by atoms with Crippen LogP contribution in [0.15, 0.2) is 23.0 Å². The fourth-order valence-electron chi connectivity index (χ4n) is 3.38. The number of benzene rings is 1. The number of ether oxygens (including phenoxy) is 2. The predicted octanol–water partition coefficient (Wildman–Crippen LogP) is 1.06. The molecule has 2 aliphatic heterocycles. The summed E-state index contributed by atoms with van der Waals surface area (Å²) in [4.78, 5) is 49.4. The maximum atomic E-state index is 12.8. The molecular formula is C19H17N3O6. The lowest BCUT2D eigenvalue weighted by molar-refractivity contribution is 0.0878. The summed E-state index contributed by atoms with van der Waals surface area (Å²) in [5, 5.41) is 2.11. The maximum absolute atomic E-state index is 12.8. The van der Waals surface area contributed by atoms with Crippen LogP contribution in [0, 0.1) is 0 Å². The fraction of sp³-hybridized carbons (Fsp3) is 0.263. The van der Waals surface area contributed by atoms with Gasteiger partial charge in [0.1, 0.15) is 19.0 Å². The average Bonchev–Trinajstić information content (AvgIpc) is 2.95. The summed E-state index contributed by atoms with van der Waals surface area (Å²) in [5.41, 5.74) is 5.71. The third kappa shape index (κ3) is 2.63. The van der Waals surface area contributed by atoms with E-state index in [0.29, 0.717) is 31.1 Å². The zero-order valence-electron chi connectivity index (χ0n) is 15.0. The topological polar surface area (TPSA) is 130 Å². The van der Waals surface area contributed by atoms with E-state index in [4.69, 9.17) is 15.2 Å². The quantitative estimate of drug-likeness (QED) is 0.596. The van der Waals surface area contributed by atoms with E-state index < -0.39 is 17.4 Å². The number of aromatic nitrogens is 1. The summed E-state index contributed by atoms with van der Waals surface area (Å²) in [7, 11) is 0. The number of rotatable bonds is 4. The van der Waals surface area contributed by atoms with Gasteiger partial charge in [-0.25, -0.2) is 0 Å². The number of nitrogens with one attached hydrogen (secondary N) is 1. The summed E-state index contributed by atoms with van der Waals surface area (Å²) in [6, 6.07) is 4.05. The fourth-order valence-corrected chi connectivity index (χ4v) is 3.38. The largest absolute Gasteiger partial charge is 0.486 e. The number of Topliss-reactive ketones (excluding diaryl/α,β-unsaturated/α-hetero) is 1. The normalized spacial score (nSPS) is 14.6. The molecule has 1 aromatic carbocycles. The third-order valence-corrected chi connectivity index (χ3v) is 4.63. The molecule has 9 nitrogen and oxygen atoms in total. The van der Waals surface area contributed by atoms with E-state index in [0.717, 1.165) is 10.6 Å². The maximum Gasteiger partial charge on any atom is 0.262 e. The molecule has 3 heterocycles. The smallest absolute Gasteiger partial charge is 0.262 e. The van der Waals surface area contributed by atoms with E-state index in [1.165, 1.54) is 12.1 Å². The van der Waals surface area contributed by atoms with Gasteiger partial charge in [0, 0.05) is 24.1 Å². The van der Waals surface area contributed by atoms with Crippen molar-refractivity contribution in [3.63, 3.8) is 0 Å². The lowest BCUT2D eigenvalue weighted by Crippen LogP contribution is -2.26. The Hall–Kier alpha value is -3.62. The molecule has 0 atom stereocenters. The van der Waals surface area contributed by atoms with Crippen molar-refractivity contribution >= 4 is 23.4 Å². The Morgan fingerprint density at radius 3 is 2.46 bits per heavy atom.